The average molecular weight is 271 g/mol. The molecule has 108 valence electrons. The second kappa shape index (κ2) is 6.87. The smallest absolute Gasteiger partial charge is 0.0922 e. The fraction of sp³-hybridized carbons (Fsp3) is 0.444. The lowest BCUT2D eigenvalue weighted by Gasteiger charge is -2.28. The summed E-state index contributed by atoms with van der Waals surface area (Å²) in [6.45, 7) is 5.09. The Bertz CT molecular complexity index is 543. The van der Waals surface area contributed by atoms with Gasteiger partial charge in [0.25, 0.3) is 0 Å². The Kier molecular flexibility index (Phi) is 5.16. The van der Waals surface area contributed by atoms with E-state index in [0.717, 1.165) is 23.8 Å². The lowest BCUT2D eigenvalue weighted by atomic mass is 9.99. The van der Waals surface area contributed by atoms with E-state index in [9.17, 15) is 5.11 Å². The number of hydrogen-bond donors (Lipinski definition) is 1. The molecule has 1 atom stereocenters. The first kappa shape index (κ1) is 15.0. The summed E-state index contributed by atoms with van der Waals surface area (Å²) in [6, 6.07) is 14.9. The third-order valence-electron chi connectivity index (χ3n) is 4.21. The van der Waals surface area contributed by atoms with Gasteiger partial charge in [0.2, 0.25) is 0 Å². The molecule has 0 spiro atoms. The van der Waals surface area contributed by atoms with Gasteiger partial charge in [0.1, 0.15) is 0 Å². The molecule has 0 fully saturated rings. The van der Waals surface area contributed by atoms with Crippen molar-refractivity contribution >= 4 is 10.8 Å². The van der Waals surface area contributed by atoms with Gasteiger partial charge in [0.05, 0.1) is 6.10 Å². The topological polar surface area (TPSA) is 23.5 Å². The third kappa shape index (κ3) is 3.20. The monoisotopic (exact) mass is 271 g/mol. The van der Waals surface area contributed by atoms with Crippen LogP contribution in [0.4, 0.5) is 0 Å². The van der Waals surface area contributed by atoms with E-state index in [1.54, 1.807) is 0 Å². The summed E-state index contributed by atoms with van der Waals surface area (Å²) < 4.78 is 0. The van der Waals surface area contributed by atoms with Crippen LogP contribution in [0.25, 0.3) is 10.8 Å². The molecule has 0 saturated heterocycles. The van der Waals surface area contributed by atoms with Gasteiger partial charge in [-0.25, -0.2) is 0 Å². The van der Waals surface area contributed by atoms with Gasteiger partial charge in [-0.05, 0) is 36.2 Å². The molecule has 1 N–H and O–H groups in total. The van der Waals surface area contributed by atoms with Crippen molar-refractivity contribution in [3.8, 4) is 0 Å². The quantitative estimate of drug-likeness (QED) is 0.858. The molecule has 2 rings (SSSR count). The Hall–Kier alpha value is -1.38. The zero-order valence-corrected chi connectivity index (χ0v) is 12.7. The van der Waals surface area contributed by atoms with Gasteiger partial charge in [-0.2, -0.15) is 0 Å². The molecule has 0 radical (unpaired) electrons. The first-order chi connectivity index (χ1) is 9.67. The molecule has 0 aliphatic carbocycles. The maximum absolute atomic E-state index is 10.6. The van der Waals surface area contributed by atoms with Crippen molar-refractivity contribution in [3.63, 3.8) is 0 Å². The normalized spacial score (nSPS) is 13.3. The van der Waals surface area contributed by atoms with Crippen molar-refractivity contribution in [2.24, 2.45) is 0 Å². The summed E-state index contributed by atoms with van der Waals surface area (Å²) >= 11 is 0. The van der Waals surface area contributed by atoms with Crippen LogP contribution < -0.4 is 0 Å². The molecule has 2 aromatic carbocycles. The zero-order valence-electron chi connectivity index (χ0n) is 12.7. The van der Waals surface area contributed by atoms with Crippen molar-refractivity contribution in [1.29, 1.82) is 0 Å². The van der Waals surface area contributed by atoms with Crippen molar-refractivity contribution in [2.45, 2.75) is 38.8 Å². The van der Waals surface area contributed by atoms with Gasteiger partial charge in [-0.15, -0.1) is 0 Å². The third-order valence-corrected chi connectivity index (χ3v) is 4.21. The van der Waals surface area contributed by atoms with Gasteiger partial charge in [0, 0.05) is 12.6 Å². The van der Waals surface area contributed by atoms with Crippen LogP contribution in [-0.4, -0.2) is 29.6 Å². The number of rotatable bonds is 6. The largest absolute Gasteiger partial charge is 0.387 e. The van der Waals surface area contributed by atoms with Crippen molar-refractivity contribution in [3.05, 3.63) is 48.0 Å². The highest BCUT2D eigenvalue weighted by Crippen LogP contribution is 2.25. The molecule has 20 heavy (non-hydrogen) atoms. The summed E-state index contributed by atoms with van der Waals surface area (Å²) in [7, 11) is 2.10. The molecule has 2 heteroatoms. The number of nitrogens with zero attached hydrogens (tertiary/aromatic N) is 1. The maximum atomic E-state index is 10.6. The molecular formula is C18H25NO. The van der Waals surface area contributed by atoms with Crippen LogP contribution in [0.1, 0.15) is 38.4 Å². The van der Waals surface area contributed by atoms with Crippen LogP contribution >= 0.6 is 0 Å². The molecule has 0 heterocycles. The van der Waals surface area contributed by atoms with Crippen LogP contribution in [-0.2, 0) is 0 Å². The van der Waals surface area contributed by atoms with Gasteiger partial charge < -0.3 is 10.0 Å². The molecule has 2 aromatic rings. The fourth-order valence-corrected chi connectivity index (χ4v) is 2.97. The second-order valence-electron chi connectivity index (χ2n) is 5.49. The van der Waals surface area contributed by atoms with E-state index >= 15 is 0 Å². The van der Waals surface area contributed by atoms with E-state index < -0.39 is 6.10 Å². The minimum atomic E-state index is -0.438. The van der Waals surface area contributed by atoms with Crippen LogP contribution in [0.2, 0.25) is 0 Å². The average Bonchev–Trinajstić information content (AvgIpc) is 2.47. The van der Waals surface area contributed by atoms with Crippen molar-refractivity contribution in [2.75, 3.05) is 13.6 Å². The van der Waals surface area contributed by atoms with Crippen LogP contribution in [0.5, 0.6) is 0 Å². The minimum Gasteiger partial charge on any atom is -0.387 e. The number of likely N-dealkylation sites (N-methyl/N-ethyl adjacent to an activating group) is 1. The summed E-state index contributed by atoms with van der Waals surface area (Å²) in [5, 5.41) is 12.9. The summed E-state index contributed by atoms with van der Waals surface area (Å²) in [6.07, 6.45) is 1.80. The van der Waals surface area contributed by atoms with E-state index in [1.165, 1.54) is 5.39 Å². The van der Waals surface area contributed by atoms with Crippen LogP contribution in [0, 0.1) is 0 Å². The van der Waals surface area contributed by atoms with E-state index in [1.807, 2.05) is 24.3 Å². The number of aliphatic hydroxyl groups is 1. The Labute approximate surface area is 122 Å². The highest BCUT2D eigenvalue weighted by atomic mass is 16.3. The van der Waals surface area contributed by atoms with Gasteiger partial charge in [-0.3, -0.25) is 0 Å². The predicted molar refractivity (Wildman–Crippen MR) is 85.9 cm³/mol. The molecule has 0 saturated carbocycles. The van der Waals surface area contributed by atoms with E-state index in [2.05, 4.69) is 44.0 Å². The molecule has 0 aromatic heterocycles. The number of fused-ring (bicyclic) bond motifs is 1. The molecule has 2 nitrogen and oxygen atoms in total. The fourth-order valence-electron chi connectivity index (χ4n) is 2.97. The molecule has 0 bridgehead atoms. The maximum Gasteiger partial charge on any atom is 0.0922 e. The number of aliphatic hydroxyl groups excluding tert-OH is 1. The SMILES string of the molecule is CCC(CC)N(C)CC(O)c1cccc2ccccc12. The summed E-state index contributed by atoms with van der Waals surface area (Å²) in [5.41, 5.74) is 1.03. The lowest BCUT2D eigenvalue weighted by Crippen LogP contribution is -2.34. The molecule has 1 unspecified atom stereocenters. The van der Waals surface area contributed by atoms with Crippen LogP contribution in [0.15, 0.2) is 42.5 Å². The number of benzene rings is 2. The van der Waals surface area contributed by atoms with Gasteiger partial charge in [0.15, 0.2) is 0 Å². The van der Waals surface area contributed by atoms with E-state index in [0.29, 0.717) is 12.6 Å². The minimum absolute atomic E-state index is 0.438. The molecule has 0 aliphatic heterocycles. The Morgan fingerprint density at radius 1 is 1.00 bits per heavy atom. The zero-order chi connectivity index (χ0) is 14.5. The summed E-state index contributed by atoms with van der Waals surface area (Å²) in [5.74, 6) is 0. The first-order valence-electron chi connectivity index (χ1n) is 7.53. The molecular weight excluding hydrogens is 246 g/mol. The van der Waals surface area contributed by atoms with Gasteiger partial charge in [-0.1, -0.05) is 56.3 Å². The highest BCUT2D eigenvalue weighted by molar-refractivity contribution is 5.85. The van der Waals surface area contributed by atoms with E-state index in [4.69, 9.17) is 0 Å². The molecule has 0 amide bonds. The second-order valence-corrected chi connectivity index (χ2v) is 5.49. The Balaban J connectivity index is 2.21. The van der Waals surface area contributed by atoms with Gasteiger partial charge >= 0.3 is 0 Å². The Morgan fingerprint density at radius 3 is 2.35 bits per heavy atom. The summed E-state index contributed by atoms with van der Waals surface area (Å²) in [4.78, 5) is 2.27. The molecule has 0 aliphatic rings. The standard InChI is InChI=1S/C18H25NO/c1-4-15(5-2)19(3)13-18(20)17-12-8-10-14-9-6-7-11-16(14)17/h6-12,15,18,20H,4-5,13H2,1-3H3. The predicted octanol–water partition coefficient (Wildman–Crippen LogP) is 3.99. The first-order valence-corrected chi connectivity index (χ1v) is 7.53. The van der Waals surface area contributed by atoms with Crippen LogP contribution in [0.3, 0.4) is 0 Å². The number of hydrogen-bond acceptors (Lipinski definition) is 2. The van der Waals surface area contributed by atoms with E-state index in [-0.39, 0.29) is 0 Å². The van der Waals surface area contributed by atoms with Crippen molar-refractivity contribution < 1.29 is 5.11 Å². The highest BCUT2D eigenvalue weighted by Gasteiger charge is 2.17. The Morgan fingerprint density at radius 2 is 1.65 bits per heavy atom. The lowest BCUT2D eigenvalue weighted by molar-refractivity contribution is 0.102. The van der Waals surface area contributed by atoms with Crippen molar-refractivity contribution in [1.82, 2.24) is 4.90 Å².